The molecule has 2 aromatic rings. The van der Waals surface area contributed by atoms with Gasteiger partial charge in [0.1, 0.15) is 11.6 Å². The summed E-state index contributed by atoms with van der Waals surface area (Å²) >= 11 is 0. The van der Waals surface area contributed by atoms with Gasteiger partial charge in [-0.2, -0.15) is 0 Å². The van der Waals surface area contributed by atoms with E-state index in [1.54, 1.807) is 25.3 Å². The van der Waals surface area contributed by atoms with Gasteiger partial charge in [-0.25, -0.2) is 0 Å². The van der Waals surface area contributed by atoms with Gasteiger partial charge in [-0.05, 0) is 24.6 Å². The summed E-state index contributed by atoms with van der Waals surface area (Å²) < 4.78 is 5.15. The fourth-order valence-corrected chi connectivity index (χ4v) is 2.13. The van der Waals surface area contributed by atoms with Crippen molar-refractivity contribution in [3.8, 4) is 5.75 Å². The lowest BCUT2D eigenvalue weighted by Gasteiger charge is -2.14. The van der Waals surface area contributed by atoms with Crippen molar-refractivity contribution in [3.63, 3.8) is 0 Å². The van der Waals surface area contributed by atoms with Crippen LogP contribution in [-0.2, 0) is 0 Å². The summed E-state index contributed by atoms with van der Waals surface area (Å²) in [5.74, 6) is 1.13. The first-order chi connectivity index (χ1) is 10.6. The van der Waals surface area contributed by atoms with E-state index in [-0.39, 0.29) is 0 Å². The number of aliphatic hydroxyl groups is 1. The molecule has 5 heteroatoms. The Kier molecular flexibility index (Phi) is 5.38. The molecule has 22 heavy (non-hydrogen) atoms. The maximum Gasteiger partial charge on any atom is 0.125 e. The number of nitrogens with two attached hydrogens (primary N) is 2. The summed E-state index contributed by atoms with van der Waals surface area (Å²) in [6.07, 6.45) is -0.271. The molecule has 0 heterocycles. The van der Waals surface area contributed by atoms with Gasteiger partial charge in [0.05, 0.1) is 13.2 Å². The zero-order chi connectivity index (χ0) is 15.9. The number of hydrogen-bond acceptors (Lipinski definition) is 4. The van der Waals surface area contributed by atoms with E-state index in [9.17, 15) is 5.11 Å². The van der Waals surface area contributed by atoms with Crippen LogP contribution in [-0.4, -0.2) is 24.6 Å². The van der Waals surface area contributed by atoms with Gasteiger partial charge in [0, 0.05) is 23.4 Å². The van der Waals surface area contributed by atoms with E-state index >= 15 is 0 Å². The quantitative estimate of drug-likeness (QED) is 0.432. The van der Waals surface area contributed by atoms with Gasteiger partial charge >= 0.3 is 0 Å². The van der Waals surface area contributed by atoms with E-state index < -0.39 is 6.10 Å². The molecule has 116 valence electrons. The average molecular weight is 299 g/mol. The minimum Gasteiger partial charge on any atom is -0.497 e. The molecule has 0 fully saturated rings. The fraction of sp³-hybridized carbons (Fsp3) is 0.235. The summed E-state index contributed by atoms with van der Waals surface area (Å²) in [5, 5.41) is 10.3. The first-order valence-corrected chi connectivity index (χ1v) is 7.08. The Balaban J connectivity index is 2.00. The molecular weight excluding hydrogens is 278 g/mol. The molecule has 5 N–H and O–H groups in total. The van der Waals surface area contributed by atoms with Crippen LogP contribution in [0.5, 0.6) is 5.75 Å². The molecule has 0 saturated heterocycles. The van der Waals surface area contributed by atoms with Crippen LogP contribution >= 0.6 is 0 Å². The van der Waals surface area contributed by atoms with Gasteiger partial charge in [0.2, 0.25) is 0 Å². The molecule has 0 bridgehead atoms. The Hall–Kier alpha value is -2.53. The third-order valence-corrected chi connectivity index (χ3v) is 3.41. The van der Waals surface area contributed by atoms with Crippen LogP contribution in [0.4, 0.5) is 5.69 Å². The Morgan fingerprint density at radius 1 is 1.23 bits per heavy atom. The minimum atomic E-state index is -0.706. The van der Waals surface area contributed by atoms with Crippen molar-refractivity contribution in [1.29, 1.82) is 0 Å². The zero-order valence-electron chi connectivity index (χ0n) is 12.6. The second-order valence-corrected chi connectivity index (χ2v) is 4.93. The SMILES string of the molecule is COc1ccc(N)c(C(O)CCN=C(N)c2ccccc2)c1. The molecule has 1 unspecified atom stereocenters. The van der Waals surface area contributed by atoms with Crippen molar-refractivity contribution in [2.45, 2.75) is 12.5 Å². The van der Waals surface area contributed by atoms with Crippen LogP contribution in [0.2, 0.25) is 0 Å². The van der Waals surface area contributed by atoms with E-state index in [4.69, 9.17) is 16.2 Å². The molecular formula is C17H21N3O2. The summed E-state index contributed by atoms with van der Waals surface area (Å²) in [5.41, 5.74) is 13.9. The van der Waals surface area contributed by atoms with Crippen LogP contribution in [0, 0.1) is 0 Å². The van der Waals surface area contributed by atoms with E-state index in [0.29, 0.717) is 35.8 Å². The Morgan fingerprint density at radius 2 is 1.95 bits per heavy atom. The van der Waals surface area contributed by atoms with Gasteiger partial charge in [0.15, 0.2) is 0 Å². The summed E-state index contributed by atoms with van der Waals surface area (Å²) in [6, 6.07) is 14.8. The van der Waals surface area contributed by atoms with Crippen molar-refractivity contribution in [2.75, 3.05) is 19.4 Å². The predicted octanol–water partition coefficient (Wildman–Crippen LogP) is 2.11. The molecule has 0 radical (unpaired) electrons. The van der Waals surface area contributed by atoms with Crippen molar-refractivity contribution in [3.05, 3.63) is 59.7 Å². The number of aliphatic imine (C=N–C) groups is 1. The average Bonchev–Trinajstić information content (AvgIpc) is 2.55. The second kappa shape index (κ2) is 7.47. The lowest BCUT2D eigenvalue weighted by molar-refractivity contribution is 0.171. The molecule has 0 amide bonds. The normalized spacial score (nSPS) is 12.9. The number of methoxy groups -OCH3 is 1. The molecule has 0 aliphatic rings. The van der Waals surface area contributed by atoms with Gasteiger partial charge in [-0.3, -0.25) is 4.99 Å². The topological polar surface area (TPSA) is 93.9 Å². The Labute approximate surface area is 130 Å². The monoisotopic (exact) mass is 299 g/mol. The van der Waals surface area contributed by atoms with Crippen molar-refractivity contribution in [1.82, 2.24) is 0 Å². The number of hydrogen-bond donors (Lipinski definition) is 3. The molecule has 0 saturated carbocycles. The lowest BCUT2D eigenvalue weighted by atomic mass is 10.0. The largest absolute Gasteiger partial charge is 0.497 e. The van der Waals surface area contributed by atoms with Crippen molar-refractivity contribution in [2.24, 2.45) is 10.7 Å². The number of aliphatic hydroxyl groups excluding tert-OH is 1. The number of nitrogen functional groups attached to an aromatic ring is 1. The van der Waals surface area contributed by atoms with Gasteiger partial charge < -0.3 is 21.3 Å². The Morgan fingerprint density at radius 3 is 2.64 bits per heavy atom. The Bertz CT molecular complexity index is 642. The van der Waals surface area contributed by atoms with Crippen LogP contribution in [0.3, 0.4) is 0 Å². The summed E-state index contributed by atoms with van der Waals surface area (Å²) in [7, 11) is 1.58. The van der Waals surface area contributed by atoms with E-state index in [1.807, 2.05) is 30.3 Å². The fourth-order valence-electron chi connectivity index (χ4n) is 2.13. The third-order valence-electron chi connectivity index (χ3n) is 3.41. The number of anilines is 1. The van der Waals surface area contributed by atoms with E-state index in [0.717, 1.165) is 5.56 Å². The number of nitrogens with zero attached hydrogens (tertiary/aromatic N) is 1. The number of amidine groups is 1. The predicted molar refractivity (Wildman–Crippen MR) is 89.0 cm³/mol. The third kappa shape index (κ3) is 3.99. The smallest absolute Gasteiger partial charge is 0.125 e. The highest BCUT2D eigenvalue weighted by Gasteiger charge is 2.12. The first-order valence-electron chi connectivity index (χ1n) is 7.08. The van der Waals surface area contributed by atoms with Crippen LogP contribution in [0.25, 0.3) is 0 Å². The van der Waals surface area contributed by atoms with Crippen LogP contribution in [0.1, 0.15) is 23.7 Å². The first kappa shape index (κ1) is 15.9. The highest BCUT2D eigenvalue weighted by Crippen LogP contribution is 2.27. The van der Waals surface area contributed by atoms with Crippen molar-refractivity contribution >= 4 is 11.5 Å². The van der Waals surface area contributed by atoms with E-state index in [2.05, 4.69) is 4.99 Å². The highest BCUT2D eigenvalue weighted by atomic mass is 16.5. The molecule has 1 atom stereocenters. The van der Waals surface area contributed by atoms with Crippen molar-refractivity contribution < 1.29 is 9.84 Å². The second-order valence-electron chi connectivity index (χ2n) is 4.93. The number of benzene rings is 2. The van der Waals surface area contributed by atoms with Crippen LogP contribution in [0.15, 0.2) is 53.5 Å². The standard InChI is InChI=1S/C17H21N3O2/c1-22-13-7-8-15(18)14(11-13)16(21)9-10-20-17(19)12-5-3-2-4-6-12/h2-8,11,16,21H,9-10,18H2,1H3,(H2,19,20). The number of ether oxygens (including phenoxy) is 1. The molecule has 2 aromatic carbocycles. The maximum absolute atomic E-state index is 10.3. The van der Waals surface area contributed by atoms with Crippen LogP contribution < -0.4 is 16.2 Å². The zero-order valence-corrected chi connectivity index (χ0v) is 12.6. The number of rotatable bonds is 6. The molecule has 2 rings (SSSR count). The van der Waals surface area contributed by atoms with Gasteiger partial charge in [-0.1, -0.05) is 30.3 Å². The summed E-state index contributed by atoms with van der Waals surface area (Å²) in [6.45, 7) is 0.415. The summed E-state index contributed by atoms with van der Waals surface area (Å²) in [4.78, 5) is 4.29. The van der Waals surface area contributed by atoms with E-state index in [1.165, 1.54) is 0 Å². The molecule has 0 spiro atoms. The molecule has 0 aliphatic carbocycles. The highest BCUT2D eigenvalue weighted by molar-refractivity contribution is 5.97. The van der Waals surface area contributed by atoms with Gasteiger partial charge in [0.25, 0.3) is 0 Å². The lowest BCUT2D eigenvalue weighted by Crippen LogP contribution is -2.14. The molecule has 5 nitrogen and oxygen atoms in total. The maximum atomic E-state index is 10.3. The molecule has 0 aromatic heterocycles. The van der Waals surface area contributed by atoms with Gasteiger partial charge in [-0.15, -0.1) is 0 Å². The minimum absolute atomic E-state index is 0.415. The molecule has 0 aliphatic heterocycles.